The molecule has 0 saturated carbocycles. The highest BCUT2D eigenvalue weighted by Crippen LogP contribution is 2.29. The minimum atomic E-state index is -0.464. The number of likely N-dealkylation sites (tertiary alicyclic amines) is 1. The lowest BCUT2D eigenvalue weighted by Gasteiger charge is -2.37. The normalized spacial score (nSPS) is 16.6. The zero-order valence-electron chi connectivity index (χ0n) is 17.1. The number of hydrogen-bond donors (Lipinski definition) is 0. The molecular formula is C22H26N4O4. The molecule has 0 aliphatic carbocycles. The summed E-state index contributed by atoms with van der Waals surface area (Å²) in [5.41, 5.74) is 2.08. The van der Waals surface area contributed by atoms with Gasteiger partial charge in [-0.1, -0.05) is 0 Å². The largest absolute Gasteiger partial charge is 0.497 e. The molecule has 2 aromatic carbocycles. The first-order valence-corrected chi connectivity index (χ1v) is 10.3. The van der Waals surface area contributed by atoms with Crippen molar-refractivity contribution in [3.8, 4) is 5.75 Å². The van der Waals surface area contributed by atoms with Crippen LogP contribution >= 0.6 is 0 Å². The number of ether oxygens (including phenoxy) is 1. The summed E-state index contributed by atoms with van der Waals surface area (Å²) in [6.07, 6.45) is 1.90. The molecular weight excluding hydrogens is 384 g/mol. The predicted molar refractivity (Wildman–Crippen MR) is 116 cm³/mol. The first kappa shape index (κ1) is 20.0. The Bertz CT molecular complexity index is 917. The van der Waals surface area contributed by atoms with Crippen molar-refractivity contribution in [2.45, 2.75) is 12.8 Å². The summed E-state index contributed by atoms with van der Waals surface area (Å²) in [6, 6.07) is 12.9. The molecule has 30 heavy (non-hydrogen) atoms. The summed E-state index contributed by atoms with van der Waals surface area (Å²) < 4.78 is 5.22. The minimum absolute atomic E-state index is 0.118. The van der Waals surface area contributed by atoms with Gasteiger partial charge in [-0.2, -0.15) is 0 Å². The third-order valence-electron chi connectivity index (χ3n) is 5.88. The highest BCUT2D eigenvalue weighted by Gasteiger charge is 2.28. The van der Waals surface area contributed by atoms with Gasteiger partial charge >= 0.3 is 0 Å². The molecule has 2 aliphatic heterocycles. The van der Waals surface area contributed by atoms with Crippen molar-refractivity contribution in [3.63, 3.8) is 0 Å². The smallest absolute Gasteiger partial charge is 0.282 e. The zero-order valence-corrected chi connectivity index (χ0v) is 17.1. The molecule has 0 spiro atoms. The summed E-state index contributed by atoms with van der Waals surface area (Å²) in [7, 11) is 1.65. The van der Waals surface area contributed by atoms with E-state index in [1.165, 1.54) is 6.07 Å². The maximum atomic E-state index is 12.9. The molecule has 158 valence electrons. The van der Waals surface area contributed by atoms with E-state index in [2.05, 4.69) is 9.80 Å². The molecule has 2 saturated heterocycles. The fourth-order valence-electron chi connectivity index (χ4n) is 4.16. The van der Waals surface area contributed by atoms with Gasteiger partial charge in [0.2, 0.25) is 0 Å². The predicted octanol–water partition coefficient (Wildman–Crippen LogP) is 3.17. The fraction of sp³-hybridized carbons (Fsp3) is 0.409. The second kappa shape index (κ2) is 8.61. The number of anilines is 2. The number of carbonyl (C=O) groups is 1. The average molecular weight is 410 g/mol. The Morgan fingerprint density at radius 1 is 0.900 bits per heavy atom. The molecule has 4 rings (SSSR count). The maximum absolute atomic E-state index is 12.9. The number of rotatable bonds is 5. The molecule has 1 amide bonds. The van der Waals surface area contributed by atoms with E-state index in [4.69, 9.17) is 4.74 Å². The third-order valence-corrected chi connectivity index (χ3v) is 5.88. The summed E-state index contributed by atoms with van der Waals surface area (Å²) in [6.45, 7) is 4.56. The molecule has 2 heterocycles. The van der Waals surface area contributed by atoms with Crippen LogP contribution in [0, 0.1) is 10.1 Å². The van der Waals surface area contributed by atoms with Crippen LogP contribution in [-0.2, 0) is 0 Å². The molecule has 2 aromatic rings. The number of nitro benzene ring substituents is 1. The molecule has 8 nitrogen and oxygen atoms in total. The van der Waals surface area contributed by atoms with Gasteiger partial charge in [-0.3, -0.25) is 14.9 Å². The van der Waals surface area contributed by atoms with E-state index < -0.39 is 4.92 Å². The molecule has 0 unspecified atom stereocenters. The Morgan fingerprint density at radius 3 is 2.03 bits per heavy atom. The van der Waals surface area contributed by atoms with E-state index in [0.717, 1.165) is 56.1 Å². The van der Waals surface area contributed by atoms with Crippen LogP contribution < -0.4 is 14.5 Å². The first-order chi connectivity index (χ1) is 14.6. The lowest BCUT2D eigenvalue weighted by atomic mass is 10.1. The minimum Gasteiger partial charge on any atom is -0.497 e. The highest BCUT2D eigenvalue weighted by atomic mass is 16.6. The third kappa shape index (κ3) is 4.03. The Kier molecular flexibility index (Phi) is 5.74. The zero-order chi connectivity index (χ0) is 21.1. The van der Waals surface area contributed by atoms with Crippen molar-refractivity contribution in [3.05, 3.63) is 58.1 Å². The number of methoxy groups -OCH3 is 1. The van der Waals surface area contributed by atoms with E-state index in [9.17, 15) is 14.9 Å². The number of nitrogens with zero attached hydrogens (tertiary/aromatic N) is 4. The van der Waals surface area contributed by atoms with Gasteiger partial charge in [0.15, 0.2) is 0 Å². The van der Waals surface area contributed by atoms with Gasteiger partial charge in [0.25, 0.3) is 11.6 Å². The molecule has 2 fully saturated rings. The van der Waals surface area contributed by atoms with Crippen LogP contribution in [0.2, 0.25) is 0 Å². The van der Waals surface area contributed by atoms with E-state index in [1.54, 1.807) is 24.1 Å². The van der Waals surface area contributed by atoms with Crippen LogP contribution in [0.3, 0.4) is 0 Å². The van der Waals surface area contributed by atoms with Gasteiger partial charge in [-0.05, 0) is 49.2 Å². The molecule has 0 radical (unpaired) electrons. The average Bonchev–Trinajstić information content (AvgIpc) is 3.33. The molecule has 2 aliphatic rings. The van der Waals surface area contributed by atoms with E-state index >= 15 is 0 Å². The van der Waals surface area contributed by atoms with Crippen molar-refractivity contribution in [1.29, 1.82) is 0 Å². The Balaban J connectivity index is 1.49. The fourth-order valence-corrected chi connectivity index (χ4v) is 4.16. The van der Waals surface area contributed by atoms with Gasteiger partial charge in [-0.15, -0.1) is 0 Å². The molecule has 0 atom stereocenters. The highest BCUT2D eigenvalue weighted by molar-refractivity contribution is 5.99. The van der Waals surface area contributed by atoms with Crippen LogP contribution in [0.4, 0.5) is 17.1 Å². The number of nitro groups is 1. The molecule has 0 bridgehead atoms. The second-order valence-corrected chi connectivity index (χ2v) is 7.63. The van der Waals surface area contributed by atoms with Crippen molar-refractivity contribution in [1.82, 2.24) is 4.90 Å². The Labute approximate surface area is 175 Å². The quantitative estimate of drug-likeness (QED) is 0.557. The number of piperazine rings is 1. The molecule has 0 N–H and O–H groups in total. The van der Waals surface area contributed by atoms with Crippen LogP contribution in [0.15, 0.2) is 42.5 Å². The SMILES string of the molecule is COc1ccc(N2CCN(c3ccc([N+](=O)[O-])c(C(=O)N4CCCC4)c3)CC2)cc1. The van der Waals surface area contributed by atoms with Crippen LogP contribution in [-0.4, -0.2) is 62.1 Å². The van der Waals surface area contributed by atoms with Crippen LogP contribution in [0.1, 0.15) is 23.2 Å². The van der Waals surface area contributed by atoms with Gasteiger partial charge in [0, 0.05) is 56.7 Å². The number of amides is 1. The molecule has 8 heteroatoms. The number of carbonyl (C=O) groups excluding carboxylic acids is 1. The standard InChI is InChI=1S/C22H26N4O4/c1-30-19-7-4-17(5-8-19)23-12-14-24(15-13-23)18-6-9-21(26(28)29)20(16-18)22(27)25-10-2-3-11-25/h4-9,16H,2-3,10-15H2,1H3. The van der Waals surface area contributed by atoms with Crippen molar-refractivity contribution >= 4 is 23.0 Å². The summed E-state index contributed by atoms with van der Waals surface area (Å²) in [4.78, 5) is 30.1. The lowest BCUT2D eigenvalue weighted by Crippen LogP contribution is -2.46. The van der Waals surface area contributed by atoms with E-state index in [0.29, 0.717) is 13.1 Å². The summed E-state index contributed by atoms with van der Waals surface area (Å²) >= 11 is 0. The van der Waals surface area contributed by atoms with E-state index in [1.807, 2.05) is 24.3 Å². The van der Waals surface area contributed by atoms with E-state index in [-0.39, 0.29) is 17.2 Å². The van der Waals surface area contributed by atoms with Gasteiger partial charge in [0.1, 0.15) is 11.3 Å². The van der Waals surface area contributed by atoms with Crippen molar-refractivity contribution in [2.75, 3.05) is 56.2 Å². The van der Waals surface area contributed by atoms with Crippen molar-refractivity contribution in [2.24, 2.45) is 0 Å². The summed E-state index contributed by atoms with van der Waals surface area (Å²) in [5.74, 6) is 0.594. The maximum Gasteiger partial charge on any atom is 0.282 e. The van der Waals surface area contributed by atoms with Crippen LogP contribution in [0.5, 0.6) is 5.75 Å². The Hall–Kier alpha value is -3.29. The first-order valence-electron chi connectivity index (χ1n) is 10.3. The van der Waals surface area contributed by atoms with Gasteiger partial charge < -0.3 is 19.4 Å². The van der Waals surface area contributed by atoms with Gasteiger partial charge in [-0.25, -0.2) is 0 Å². The Morgan fingerprint density at radius 2 is 1.47 bits per heavy atom. The summed E-state index contributed by atoms with van der Waals surface area (Å²) in [5, 5.41) is 11.5. The number of hydrogen-bond acceptors (Lipinski definition) is 6. The second-order valence-electron chi connectivity index (χ2n) is 7.63. The topological polar surface area (TPSA) is 79.2 Å². The monoisotopic (exact) mass is 410 g/mol. The van der Waals surface area contributed by atoms with Crippen molar-refractivity contribution < 1.29 is 14.5 Å². The van der Waals surface area contributed by atoms with Crippen LogP contribution in [0.25, 0.3) is 0 Å². The number of benzene rings is 2. The lowest BCUT2D eigenvalue weighted by molar-refractivity contribution is -0.385. The molecule has 0 aromatic heterocycles. The van der Waals surface area contributed by atoms with Gasteiger partial charge in [0.05, 0.1) is 12.0 Å².